The van der Waals surface area contributed by atoms with Gasteiger partial charge in [0.2, 0.25) is 5.91 Å². The molecule has 1 heterocycles. The molecule has 2 aromatic rings. The Morgan fingerprint density at radius 1 is 1.33 bits per heavy atom. The normalized spacial score (nSPS) is 13.2. The molecule has 110 valence electrons. The van der Waals surface area contributed by atoms with Crippen molar-refractivity contribution in [2.75, 3.05) is 11.1 Å². The third kappa shape index (κ3) is 3.13. The van der Waals surface area contributed by atoms with Crippen LogP contribution >= 0.6 is 11.8 Å². The largest absolute Gasteiger partial charge is 0.359 e. The smallest absolute Gasteiger partial charge is 0.234 e. The van der Waals surface area contributed by atoms with Crippen molar-refractivity contribution in [3.05, 3.63) is 40.8 Å². The number of fused-ring (bicyclic) bond motifs is 1. The molecular weight excluding hydrogens is 284 g/mol. The number of carbonyl (C=O) groups is 1. The predicted molar refractivity (Wildman–Crippen MR) is 83.8 cm³/mol. The van der Waals surface area contributed by atoms with Crippen molar-refractivity contribution in [2.24, 2.45) is 0 Å². The van der Waals surface area contributed by atoms with Gasteiger partial charge in [-0.15, -0.1) is 11.8 Å². The second-order valence-corrected chi connectivity index (χ2v) is 6.37. The molecule has 0 fully saturated rings. The summed E-state index contributed by atoms with van der Waals surface area (Å²) in [6, 6.07) is 6.52. The van der Waals surface area contributed by atoms with Crippen molar-refractivity contribution in [3.8, 4) is 0 Å². The molecule has 0 saturated heterocycles. The fourth-order valence-corrected chi connectivity index (χ4v) is 3.38. The lowest BCUT2D eigenvalue weighted by atomic mass is 10.1. The van der Waals surface area contributed by atoms with E-state index in [-0.39, 0.29) is 5.91 Å². The first-order valence-electron chi connectivity index (χ1n) is 7.11. The average molecular weight is 302 g/mol. The molecule has 1 aromatic heterocycles. The van der Waals surface area contributed by atoms with Gasteiger partial charge in [0.15, 0.2) is 5.76 Å². The number of benzene rings is 1. The van der Waals surface area contributed by atoms with Gasteiger partial charge in [-0.05, 0) is 56.4 Å². The van der Waals surface area contributed by atoms with Crippen molar-refractivity contribution in [2.45, 2.75) is 38.0 Å². The standard InChI is InChI=1S/C16H18N2O2S/c1-10-16(11(2)20-18-10)17-15(19)9-21-14-7-6-12-4-3-5-13(12)8-14/h6-8H,3-5,9H2,1-2H3,(H,17,19). The number of carbonyl (C=O) groups excluding carboxylic acids is 1. The molecule has 0 atom stereocenters. The monoisotopic (exact) mass is 302 g/mol. The molecule has 0 unspecified atom stereocenters. The number of aromatic nitrogens is 1. The predicted octanol–water partition coefficient (Wildman–Crippen LogP) is 3.51. The third-order valence-electron chi connectivity index (χ3n) is 3.74. The average Bonchev–Trinajstić information content (AvgIpc) is 3.06. The second kappa shape index (κ2) is 5.93. The van der Waals surface area contributed by atoms with E-state index in [1.54, 1.807) is 18.7 Å². The van der Waals surface area contributed by atoms with Crippen LogP contribution in [0.4, 0.5) is 5.69 Å². The van der Waals surface area contributed by atoms with E-state index in [0.29, 0.717) is 22.9 Å². The van der Waals surface area contributed by atoms with E-state index in [1.807, 2.05) is 6.92 Å². The van der Waals surface area contributed by atoms with Crippen molar-refractivity contribution >= 4 is 23.4 Å². The van der Waals surface area contributed by atoms with Gasteiger partial charge in [-0.25, -0.2) is 0 Å². The second-order valence-electron chi connectivity index (χ2n) is 5.32. The van der Waals surface area contributed by atoms with Gasteiger partial charge in [0.25, 0.3) is 0 Å². The highest BCUT2D eigenvalue weighted by molar-refractivity contribution is 8.00. The molecule has 0 saturated carbocycles. The Morgan fingerprint density at radius 3 is 2.90 bits per heavy atom. The molecular formula is C16H18N2O2S. The van der Waals surface area contributed by atoms with Gasteiger partial charge in [0.1, 0.15) is 11.4 Å². The summed E-state index contributed by atoms with van der Waals surface area (Å²) in [4.78, 5) is 13.2. The molecule has 21 heavy (non-hydrogen) atoms. The molecule has 0 radical (unpaired) electrons. The highest BCUT2D eigenvalue weighted by Crippen LogP contribution is 2.28. The summed E-state index contributed by atoms with van der Waals surface area (Å²) in [6.07, 6.45) is 3.60. The number of nitrogens with zero attached hydrogens (tertiary/aromatic N) is 1. The number of hydrogen-bond donors (Lipinski definition) is 1. The van der Waals surface area contributed by atoms with E-state index in [2.05, 4.69) is 28.7 Å². The van der Waals surface area contributed by atoms with E-state index in [0.717, 1.165) is 11.3 Å². The van der Waals surface area contributed by atoms with Crippen LogP contribution in [0.15, 0.2) is 27.6 Å². The Morgan fingerprint density at radius 2 is 2.14 bits per heavy atom. The number of amides is 1. The number of thioether (sulfide) groups is 1. The Labute approximate surface area is 128 Å². The van der Waals surface area contributed by atoms with E-state index >= 15 is 0 Å². The van der Waals surface area contributed by atoms with Gasteiger partial charge in [-0.1, -0.05) is 11.2 Å². The molecule has 3 rings (SSSR count). The highest BCUT2D eigenvalue weighted by atomic mass is 32.2. The molecule has 1 aliphatic rings. The number of anilines is 1. The van der Waals surface area contributed by atoms with Crippen LogP contribution in [0.1, 0.15) is 29.0 Å². The summed E-state index contributed by atoms with van der Waals surface area (Å²) in [5.41, 5.74) is 4.29. The first kappa shape index (κ1) is 14.2. The van der Waals surface area contributed by atoms with Crippen molar-refractivity contribution in [1.82, 2.24) is 5.16 Å². The molecule has 1 N–H and O–H groups in total. The highest BCUT2D eigenvalue weighted by Gasteiger charge is 2.14. The summed E-state index contributed by atoms with van der Waals surface area (Å²) >= 11 is 1.57. The summed E-state index contributed by atoms with van der Waals surface area (Å²) in [5.74, 6) is 1.00. The maximum Gasteiger partial charge on any atom is 0.234 e. The molecule has 0 aliphatic heterocycles. The van der Waals surface area contributed by atoms with Crippen LogP contribution in [0.5, 0.6) is 0 Å². The topological polar surface area (TPSA) is 55.1 Å². The van der Waals surface area contributed by atoms with Crippen LogP contribution in [-0.2, 0) is 17.6 Å². The first-order chi connectivity index (χ1) is 10.1. The molecule has 0 spiro atoms. The minimum Gasteiger partial charge on any atom is -0.359 e. The van der Waals surface area contributed by atoms with Gasteiger partial charge in [0.05, 0.1) is 5.75 Å². The van der Waals surface area contributed by atoms with Crippen molar-refractivity contribution in [1.29, 1.82) is 0 Å². The maximum absolute atomic E-state index is 12.0. The number of rotatable bonds is 4. The molecule has 1 aliphatic carbocycles. The van der Waals surface area contributed by atoms with Crippen molar-refractivity contribution < 1.29 is 9.32 Å². The zero-order valence-corrected chi connectivity index (χ0v) is 13.0. The molecule has 1 aromatic carbocycles. The lowest BCUT2D eigenvalue weighted by Gasteiger charge is -2.06. The fraction of sp³-hybridized carbons (Fsp3) is 0.375. The summed E-state index contributed by atoms with van der Waals surface area (Å²) in [6.45, 7) is 3.61. The van der Waals surface area contributed by atoms with Crippen molar-refractivity contribution in [3.63, 3.8) is 0 Å². The molecule has 5 heteroatoms. The summed E-state index contributed by atoms with van der Waals surface area (Å²) < 4.78 is 5.04. The summed E-state index contributed by atoms with van der Waals surface area (Å²) in [5, 5.41) is 6.70. The fourth-order valence-electron chi connectivity index (χ4n) is 2.62. The summed E-state index contributed by atoms with van der Waals surface area (Å²) in [7, 11) is 0. The molecule has 4 nitrogen and oxygen atoms in total. The lowest BCUT2D eigenvalue weighted by molar-refractivity contribution is -0.113. The third-order valence-corrected chi connectivity index (χ3v) is 4.73. The van der Waals surface area contributed by atoms with Gasteiger partial charge < -0.3 is 9.84 Å². The van der Waals surface area contributed by atoms with E-state index in [1.165, 1.54) is 24.0 Å². The number of nitrogens with one attached hydrogen (secondary N) is 1. The number of hydrogen-bond acceptors (Lipinski definition) is 4. The van der Waals surface area contributed by atoms with E-state index < -0.39 is 0 Å². The lowest BCUT2D eigenvalue weighted by Crippen LogP contribution is -2.14. The van der Waals surface area contributed by atoms with Crippen LogP contribution in [0.2, 0.25) is 0 Å². The Hall–Kier alpha value is -1.75. The van der Waals surface area contributed by atoms with Crippen LogP contribution in [0, 0.1) is 13.8 Å². The van der Waals surface area contributed by atoms with Crippen LogP contribution in [0.25, 0.3) is 0 Å². The quantitative estimate of drug-likeness (QED) is 0.878. The van der Waals surface area contributed by atoms with Gasteiger partial charge in [-0.2, -0.15) is 0 Å². The van der Waals surface area contributed by atoms with Gasteiger partial charge >= 0.3 is 0 Å². The van der Waals surface area contributed by atoms with Gasteiger partial charge in [0, 0.05) is 4.90 Å². The Bertz CT molecular complexity index is 659. The zero-order valence-electron chi connectivity index (χ0n) is 12.2. The number of aryl methyl sites for hydroxylation is 4. The Balaban J connectivity index is 1.59. The maximum atomic E-state index is 12.0. The molecule has 1 amide bonds. The van der Waals surface area contributed by atoms with Crippen LogP contribution < -0.4 is 5.32 Å². The van der Waals surface area contributed by atoms with E-state index in [4.69, 9.17) is 4.52 Å². The first-order valence-corrected chi connectivity index (χ1v) is 8.09. The Kier molecular flexibility index (Phi) is 4.01. The van der Waals surface area contributed by atoms with Crippen LogP contribution in [-0.4, -0.2) is 16.8 Å². The SMILES string of the molecule is Cc1noc(C)c1NC(=O)CSc1ccc2c(c1)CCC2. The minimum absolute atomic E-state index is 0.0325. The van der Waals surface area contributed by atoms with Gasteiger partial charge in [-0.3, -0.25) is 4.79 Å². The van der Waals surface area contributed by atoms with E-state index in [9.17, 15) is 4.79 Å². The van der Waals surface area contributed by atoms with Crippen LogP contribution in [0.3, 0.4) is 0 Å². The minimum atomic E-state index is -0.0325. The zero-order chi connectivity index (χ0) is 14.8. The molecule has 0 bridgehead atoms.